The normalized spacial score (nSPS) is 10.3. The van der Waals surface area contributed by atoms with Crippen LogP contribution in [-0.2, 0) is 6.42 Å². The average molecular weight is 233 g/mol. The summed E-state index contributed by atoms with van der Waals surface area (Å²) < 4.78 is 0. The maximum Gasteiger partial charge on any atom is 0.187 e. The Kier molecular flexibility index (Phi) is 2.96. The van der Waals surface area contributed by atoms with Crippen LogP contribution in [-0.4, -0.2) is 15.8 Å². The topological polar surface area (TPSA) is 68.9 Å². The minimum absolute atomic E-state index is 0.0368. The number of nitrogens with zero attached hydrogens (tertiary/aromatic N) is 2. The van der Waals surface area contributed by atoms with Gasteiger partial charge in [0.25, 0.3) is 0 Å². The molecule has 0 radical (unpaired) electrons. The Morgan fingerprint density at radius 1 is 1.50 bits per heavy atom. The summed E-state index contributed by atoms with van der Waals surface area (Å²) in [7, 11) is 0. The van der Waals surface area contributed by atoms with Crippen molar-refractivity contribution in [1.82, 2.24) is 9.97 Å². The van der Waals surface area contributed by atoms with Gasteiger partial charge < -0.3 is 5.73 Å². The third-order valence-corrected chi connectivity index (χ3v) is 2.90. The summed E-state index contributed by atoms with van der Waals surface area (Å²) in [6, 6.07) is 3.31. The zero-order valence-electron chi connectivity index (χ0n) is 8.80. The van der Waals surface area contributed by atoms with Crippen LogP contribution >= 0.6 is 11.3 Å². The lowest BCUT2D eigenvalue weighted by Crippen LogP contribution is -2.06. The third kappa shape index (κ3) is 2.43. The van der Waals surface area contributed by atoms with E-state index in [1.54, 1.807) is 23.5 Å². The van der Waals surface area contributed by atoms with E-state index in [1.807, 2.05) is 12.3 Å². The SMILES string of the molecule is Cc1nc(CC(=O)c2ccc(N)cn2)cs1. The van der Waals surface area contributed by atoms with Crippen molar-refractivity contribution in [2.75, 3.05) is 5.73 Å². The number of nitrogen functional groups attached to an aromatic ring is 1. The van der Waals surface area contributed by atoms with Crippen LogP contribution in [0.4, 0.5) is 5.69 Å². The van der Waals surface area contributed by atoms with Crippen LogP contribution < -0.4 is 5.73 Å². The molecule has 2 aromatic rings. The Bertz CT molecular complexity index is 504. The molecule has 16 heavy (non-hydrogen) atoms. The number of rotatable bonds is 3. The number of thiazole rings is 1. The molecule has 82 valence electrons. The van der Waals surface area contributed by atoms with E-state index in [1.165, 1.54) is 6.20 Å². The van der Waals surface area contributed by atoms with Crippen molar-refractivity contribution in [3.05, 3.63) is 40.1 Å². The molecule has 0 spiro atoms. The van der Waals surface area contributed by atoms with Gasteiger partial charge in [-0.25, -0.2) is 4.98 Å². The number of carbonyl (C=O) groups excluding carboxylic acids is 1. The Morgan fingerprint density at radius 3 is 2.88 bits per heavy atom. The van der Waals surface area contributed by atoms with E-state index in [0.29, 0.717) is 17.8 Å². The molecular formula is C11H11N3OS. The van der Waals surface area contributed by atoms with Gasteiger partial charge in [-0.3, -0.25) is 9.78 Å². The highest BCUT2D eigenvalue weighted by atomic mass is 32.1. The first-order valence-corrected chi connectivity index (χ1v) is 5.69. The van der Waals surface area contributed by atoms with Crippen molar-refractivity contribution >= 4 is 22.8 Å². The van der Waals surface area contributed by atoms with Gasteiger partial charge in [0, 0.05) is 5.38 Å². The Morgan fingerprint density at radius 2 is 2.31 bits per heavy atom. The third-order valence-electron chi connectivity index (χ3n) is 2.08. The van der Waals surface area contributed by atoms with Crippen molar-refractivity contribution in [3.63, 3.8) is 0 Å². The van der Waals surface area contributed by atoms with Gasteiger partial charge in [0.2, 0.25) is 0 Å². The molecule has 0 aliphatic carbocycles. The van der Waals surface area contributed by atoms with Crippen LogP contribution in [0.1, 0.15) is 21.2 Å². The van der Waals surface area contributed by atoms with Crippen molar-refractivity contribution in [3.8, 4) is 0 Å². The average Bonchev–Trinajstić information content (AvgIpc) is 2.65. The number of nitrogens with two attached hydrogens (primary N) is 1. The quantitative estimate of drug-likeness (QED) is 0.821. The summed E-state index contributed by atoms with van der Waals surface area (Å²) in [6.07, 6.45) is 1.78. The number of aromatic nitrogens is 2. The molecule has 0 amide bonds. The largest absolute Gasteiger partial charge is 0.397 e. The number of hydrogen-bond donors (Lipinski definition) is 1. The Hall–Kier alpha value is -1.75. The molecule has 2 heterocycles. The summed E-state index contributed by atoms with van der Waals surface area (Å²) in [6.45, 7) is 1.92. The van der Waals surface area contributed by atoms with Gasteiger partial charge in [-0.1, -0.05) is 0 Å². The fourth-order valence-electron chi connectivity index (χ4n) is 1.31. The molecular weight excluding hydrogens is 222 g/mol. The minimum atomic E-state index is -0.0368. The van der Waals surface area contributed by atoms with Crippen molar-refractivity contribution in [1.29, 1.82) is 0 Å². The van der Waals surface area contributed by atoms with Crippen molar-refractivity contribution in [2.45, 2.75) is 13.3 Å². The molecule has 2 aromatic heterocycles. The lowest BCUT2D eigenvalue weighted by atomic mass is 10.1. The summed E-state index contributed by atoms with van der Waals surface area (Å²) in [5.41, 5.74) is 7.28. The molecule has 5 heteroatoms. The number of hydrogen-bond acceptors (Lipinski definition) is 5. The van der Waals surface area contributed by atoms with E-state index in [-0.39, 0.29) is 5.78 Å². The maximum atomic E-state index is 11.8. The zero-order valence-corrected chi connectivity index (χ0v) is 9.62. The Balaban J connectivity index is 2.11. The van der Waals surface area contributed by atoms with E-state index in [4.69, 9.17) is 5.73 Å². The fourth-order valence-corrected chi connectivity index (χ4v) is 1.93. The van der Waals surface area contributed by atoms with Crippen molar-refractivity contribution in [2.24, 2.45) is 0 Å². The molecule has 0 aliphatic heterocycles. The molecule has 0 saturated heterocycles. The number of Topliss-reactive ketones (excluding diaryl/α,β-unsaturated/α-hetero) is 1. The van der Waals surface area contributed by atoms with E-state index >= 15 is 0 Å². The number of pyridine rings is 1. The van der Waals surface area contributed by atoms with Crippen LogP contribution in [0.2, 0.25) is 0 Å². The van der Waals surface area contributed by atoms with Gasteiger partial charge in [-0.15, -0.1) is 11.3 Å². The highest BCUT2D eigenvalue weighted by Crippen LogP contribution is 2.11. The van der Waals surface area contributed by atoms with Gasteiger partial charge in [0.05, 0.1) is 29.0 Å². The van der Waals surface area contributed by atoms with Gasteiger partial charge >= 0.3 is 0 Å². The van der Waals surface area contributed by atoms with Gasteiger partial charge in [0.1, 0.15) is 5.69 Å². The first-order valence-electron chi connectivity index (χ1n) is 4.81. The highest BCUT2D eigenvalue weighted by Gasteiger charge is 2.10. The second-order valence-corrected chi connectivity index (χ2v) is 4.50. The molecule has 0 bridgehead atoms. The summed E-state index contributed by atoms with van der Waals surface area (Å²) in [4.78, 5) is 20.0. The molecule has 0 aliphatic rings. The highest BCUT2D eigenvalue weighted by molar-refractivity contribution is 7.09. The number of carbonyl (C=O) groups is 1. The maximum absolute atomic E-state index is 11.8. The van der Waals surface area contributed by atoms with E-state index < -0.39 is 0 Å². The summed E-state index contributed by atoms with van der Waals surface area (Å²) in [5, 5.41) is 2.86. The first-order chi connectivity index (χ1) is 7.65. The van der Waals surface area contributed by atoms with Crippen LogP contribution in [0, 0.1) is 6.92 Å². The molecule has 0 aromatic carbocycles. The monoisotopic (exact) mass is 233 g/mol. The fraction of sp³-hybridized carbons (Fsp3) is 0.182. The minimum Gasteiger partial charge on any atom is -0.397 e. The Labute approximate surface area is 97.2 Å². The zero-order chi connectivity index (χ0) is 11.5. The number of aryl methyl sites for hydroxylation is 1. The predicted molar refractivity (Wildman–Crippen MR) is 63.5 cm³/mol. The number of anilines is 1. The first kappa shape index (κ1) is 10.8. The predicted octanol–water partition coefficient (Wildman–Crippen LogP) is 1.85. The molecule has 2 N–H and O–H groups in total. The second kappa shape index (κ2) is 4.40. The molecule has 0 atom stereocenters. The summed E-state index contributed by atoms with van der Waals surface area (Å²) >= 11 is 1.54. The number of ketones is 1. The molecule has 0 fully saturated rings. The molecule has 0 unspecified atom stereocenters. The van der Waals surface area contributed by atoms with E-state index in [2.05, 4.69) is 9.97 Å². The van der Waals surface area contributed by atoms with E-state index in [0.717, 1.165) is 10.7 Å². The molecule has 4 nitrogen and oxygen atoms in total. The van der Waals surface area contributed by atoms with Gasteiger partial charge in [-0.05, 0) is 19.1 Å². The van der Waals surface area contributed by atoms with Crippen LogP contribution in [0.15, 0.2) is 23.7 Å². The van der Waals surface area contributed by atoms with Crippen LogP contribution in [0.3, 0.4) is 0 Å². The lowest BCUT2D eigenvalue weighted by Gasteiger charge is -1.98. The van der Waals surface area contributed by atoms with E-state index in [9.17, 15) is 4.79 Å². The lowest BCUT2D eigenvalue weighted by molar-refractivity contribution is 0.0987. The molecule has 2 rings (SSSR count). The van der Waals surface area contributed by atoms with Crippen molar-refractivity contribution < 1.29 is 4.79 Å². The standard InChI is InChI=1S/C11H11N3OS/c1-7-14-9(6-16-7)4-11(15)10-3-2-8(12)5-13-10/h2-3,5-6H,4,12H2,1H3. The second-order valence-electron chi connectivity index (χ2n) is 3.43. The smallest absolute Gasteiger partial charge is 0.187 e. The van der Waals surface area contributed by atoms with Gasteiger partial charge in [0.15, 0.2) is 5.78 Å². The van der Waals surface area contributed by atoms with Crippen LogP contribution in [0.5, 0.6) is 0 Å². The van der Waals surface area contributed by atoms with Gasteiger partial charge in [-0.2, -0.15) is 0 Å². The van der Waals surface area contributed by atoms with Crippen LogP contribution in [0.25, 0.3) is 0 Å². The summed E-state index contributed by atoms with van der Waals surface area (Å²) in [5.74, 6) is -0.0368. The molecule has 0 saturated carbocycles.